The van der Waals surface area contributed by atoms with Crippen LogP contribution < -0.4 is 0 Å². The number of ether oxygens (including phenoxy) is 2. The molecule has 0 heterocycles. The van der Waals surface area contributed by atoms with Crippen LogP contribution in [0.3, 0.4) is 0 Å². The molecule has 0 aromatic heterocycles. The highest BCUT2D eigenvalue weighted by Crippen LogP contribution is 2.68. The number of esters is 2. The first-order valence-electron chi connectivity index (χ1n) is 9.50. The van der Waals surface area contributed by atoms with E-state index in [0.29, 0.717) is 12.0 Å². The molecule has 4 fully saturated rings. The van der Waals surface area contributed by atoms with Crippen LogP contribution in [-0.2, 0) is 19.1 Å². The second-order valence-electron chi connectivity index (χ2n) is 10.7. The molecule has 26 heavy (non-hydrogen) atoms. The molecule has 0 radical (unpaired) electrons. The average molecular weight is 364 g/mol. The van der Waals surface area contributed by atoms with Crippen molar-refractivity contribution < 1.29 is 24.2 Å². The predicted molar refractivity (Wildman–Crippen MR) is 97.3 cm³/mol. The third-order valence-corrected chi connectivity index (χ3v) is 6.13. The van der Waals surface area contributed by atoms with Crippen molar-refractivity contribution in [3.63, 3.8) is 0 Å². The molecule has 146 valence electrons. The lowest BCUT2D eigenvalue weighted by atomic mass is 9.42. The summed E-state index contributed by atoms with van der Waals surface area (Å²) in [6.07, 6.45) is 4.75. The van der Waals surface area contributed by atoms with Gasteiger partial charge in [-0.05, 0) is 63.7 Å². The van der Waals surface area contributed by atoms with Gasteiger partial charge in [0.05, 0.1) is 12.0 Å². The number of hydrogen-bond acceptors (Lipinski definition) is 5. The Labute approximate surface area is 156 Å². The summed E-state index contributed by atoms with van der Waals surface area (Å²) < 4.78 is 11.4. The van der Waals surface area contributed by atoms with Gasteiger partial charge in [-0.3, -0.25) is 4.79 Å². The van der Waals surface area contributed by atoms with Crippen molar-refractivity contribution >= 4 is 11.9 Å². The minimum Gasteiger partial charge on any atom is -0.459 e. The number of hydrogen-bond donors (Lipinski definition) is 1. The Morgan fingerprint density at radius 2 is 1.58 bits per heavy atom. The fourth-order valence-electron chi connectivity index (χ4n) is 6.63. The topological polar surface area (TPSA) is 72.8 Å². The van der Waals surface area contributed by atoms with E-state index in [4.69, 9.17) is 9.47 Å². The Morgan fingerprint density at radius 3 is 2.04 bits per heavy atom. The molecule has 4 aliphatic carbocycles. The summed E-state index contributed by atoms with van der Waals surface area (Å²) >= 11 is 0. The maximum Gasteiger partial charge on any atom is 0.333 e. The van der Waals surface area contributed by atoms with E-state index in [9.17, 15) is 14.7 Å². The van der Waals surface area contributed by atoms with Gasteiger partial charge in [0, 0.05) is 12.0 Å². The molecule has 0 aromatic carbocycles. The molecular formula is C21H32O5. The molecule has 0 aromatic rings. The maximum absolute atomic E-state index is 12.7. The van der Waals surface area contributed by atoms with Crippen LogP contribution in [0, 0.1) is 10.8 Å². The van der Waals surface area contributed by atoms with Gasteiger partial charge in [-0.1, -0.05) is 20.4 Å². The van der Waals surface area contributed by atoms with E-state index in [1.54, 1.807) is 20.8 Å². The quantitative estimate of drug-likeness (QED) is 0.595. The van der Waals surface area contributed by atoms with Crippen LogP contribution in [0.15, 0.2) is 12.2 Å². The van der Waals surface area contributed by atoms with Gasteiger partial charge in [-0.2, -0.15) is 0 Å². The summed E-state index contributed by atoms with van der Waals surface area (Å²) in [4.78, 5) is 24.5. The first kappa shape index (κ1) is 19.4. The van der Waals surface area contributed by atoms with Crippen LogP contribution in [0.2, 0.25) is 0 Å². The van der Waals surface area contributed by atoms with Crippen LogP contribution in [0.4, 0.5) is 0 Å². The number of rotatable bonds is 5. The zero-order valence-corrected chi connectivity index (χ0v) is 16.7. The lowest BCUT2D eigenvalue weighted by Gasteiger charge is -2.67. The van der Waals surface area contributed by atoms with E-state index in [1.807, 2.05) is 0 Å². The van der Waals surface area contributed by atoms with Crippen LogP contribution >= 0.6 is 0 Å². The fraction of sp³-hybridized carbons (Fsp3) is 0.810. The number of aliphatic hydroxyl groups is 1. The Kier molecular flexibility index (Phi) is 4.16. The Hall–Kier alpha value is -1.36. The molecule has 2 atom stereocenters. The minimum absolute atomic E-state index is 0.0143. The van der Waals surface area contributed by atoms with E-state index in [-0.39, 0.29) is 23.2 Å². The smallest absolute Gasteiger partial charge is 0.333 e. The van der Waals surface area contributed by atoms with Crippen molar-refractivity contribution in [1.82, 2.24) is 0 Å². The van der Waals surface area contributed by atoms with E-state index in [1.165, 1.54) is 0 Å². The first-order chi connectivity index (χ1) is 11.7. The van der Waals surface area contributed by atoms with Crippen molar-refractivity contribution in [2.45, 2.75) is 96.4 Å². The normalized spacial score (nSPS) is 41.0. The van der Waals surface area contributed by atoms with Crippen LogP contribution in [0.1, 0.15) is 79.6 Å². The molecule has 0 saturated heterocycles. The summed E-state index contributed by atoms with van der Waals surface area (Å²) in [5, 5.41) is 11.1. The van der Waals surface area contributed by atoms with Crippen molar-refractivity contribution in [1.29, 1.82) is 0 Å². The van der Waals surface area contributed by atoms with Gasteiger partial charge < -0.3 is 14.6 Å². The van der Waals surface area contributed by atoms with E-state index in [0.717, 1.165) is 32.1 Å². The van der Waals surface area contributed by atoms with Crippen molar-refractivity contribution in [2.75, 3.05) is 0 Å². The summed E-state index contributed by atoms with van der Waals surface area (Å²) in [6.45, 7) is 13.0. The van der Waals surface area contributed by atoms with Gasteiger partial charge in [-0.25, -0.2) is 4.79 Å². The average Bonchev–Trinajstić information content (AvgIpc) is 2.28. The molecular weight excluding hydrogens is 332 g/mol. The second-order valence-corrected chi connectivity index (χ2v) is 10.7. The fourth-order valence-corrected chi connectivity index (χ4v) is 6.63. The van der Waals surface area contributed by atoms with Crippen molar-refractivity contribution in [3.8, 4) is 0 Å². The highest BCUT2D eigenvalue weighted by molar-refractivity contribution is 5.87. The molecule has 5 nitrogen and oxygen atoms in total. The van der Waals surface area contributed by atoms with Gasteiger partial charge in [0.25, 0.3) is 0 Å². The lowest BCUT2D eigenvalue weighted by molar-refractivity contribution is -0.261. The largest absolute Gasteiger partial charge is 0.459 e. The summed E-state index contributed by atoms with van der Waals surface area (Å²) in [5.41, 5.74) is -1.96. The molecule has 0 aliphatic heterocycles. The molecule has 4 saturated carbocycles. The van der Waals surface area contributed by atoms with Gasteiger partial charge in [0.15, 0.2) is 0 Å². The Bertz CT molecular complexity index is 608. The molecule has 1 N–H and O–H groups in total. The highest BCUT2D eigenvalue weighted by Gasteiger charge is 2.67. The zero-order chi connectivity index (χ0) is 19.6. The molecule has 4 bridgehead atoms. The van der Waals surface area contributed by atoms with Gasteiger partial charge in [0.1, 0.15) is 11.2 Å². The third kappa shape index (κ3) is 3.68. The first-order valence-corrected chi connectivity index (χ1v) is 9.50. The molecule has 0 spiro atoms. The predicted octanol–water partition coefficient (Wildman–Crippen LogP) is 3.68. The van der Waals surface area contributed by atoms with E-state index >= 15 is 0 Å². The van der Waals surface area contributed by atoms with Crippen molar-refractivity contribution in [2.24, 2.45) is 10.8 Å². The molecule has 2 unspecified atom stereocenters. The molecule has 5 heteroatoms. The molecule has 4 rings (SSSR count). The van der Waals surface area contributed by atoms with Crippen LogP contribution in [0.25, 0.3) is 0 Å². The summed E-state index contributed by atoms with van der Waals surface area (Å²) in [6, 6.07) is 0. The van der Waals surface area contributed by atoms with E-state index in [2.05, 4.69) is 20.4 Å². The third-order valence-electron chi connectivity index (χ3n) is 6.13. The highest BCUT2D eigenvalue weighted by atomic mass is 16.6. The summed E-state index contributed by atoms with van der Waals surface area (Å²) in [5.74, 6) is -0.880. The van der Waals surface area contributed by atoms with Crippen molar-refractivity contribution in [3.05, 3.63) is 12.2 Å². The Morgan fingerprint density at radius 1 is 1.04 bits per heavy atom. The van der Waals surface area contributed by atoms with Gasteiger partial charge >= 0.3 is 11.9 Å². The van der Waals surface area contributed by atoms with Crippen LogP contribution in [0.5, 0.6) is 0 Å². The van der Waals surface area contributed by atoms with E-state index < -0.39 is 22.8 Å². The van der Waals surface area contributed by atoms with Crippen LogP contribution in [-0.4, -0.2) is 33.8 Å². The second kappa shape index (κ2) is 5.57. The Balaban J connectivity index is 1.71. The maximum atomic E-state index is 12.7. The SMILES string of the molecule is C=C(C)C(=O)OC(C)(C)CC(=O)OC12CC3(C)CC(C)(CC(O)(C3)C1)C2. The monoisotopic (exact) mass is 364 g/mol. The number of carbonyl (C=O) groups excluding carboxylic acids is 2. The zero-order valence-electron chi connectivity index (χ0n) is 16.7. The molecule has 0 amide bonds. The lowest BCUT2D eigenvalue weighted by Crippen LogP contribution is -2.66. The number of carbonyl (C=O) groups is 2. The van der Waals surface area contributed by atoms with Gasteiger partial charge in [-0.15, -0.1) is 0 Å². The minimum atomic E-state index is -0.958. The molecule has 4 aliphatic rings. The standard InChI is InChI=1S/C21H32O5/c1-14(2)16(23)26-17(3,4)7-15(22)25-21-11-18(5)8-19(6,12-21)10-20(24,9-18)13-21/h24H,1,7-13H2,2-6H3. The van der Waals surface area contributed by atoms with Gasteiger partial charge in [0.2, 0.25) is 0 Å². The summed E-state index contributed by atoms with van der Waals surface area (Å²) in [7, 11) is 0.